The fourth-order valence-corrected chi connectivity index (χ4v) is 2.07. The van der Waals surface area contributed by atoms with Crippen molar-refractivity contribution >= 4 is 21.7 Å². The largest absolute Gasteiger partial charge is 0.394 e. The minimum absolute atomic E-state index is 0.0813. The molecule has 0 saturated carbocycles. The molecule has 0 unspecified atom stereocenters. The van der Waals surface area contributed by atoms with Gasteiger partial charge in [0, 0.05) is 19.3 Å². The van der Waals surface area contributed by atoms with E-state index in [-0.39, 0.29) is 12.1 Å². The maximum absolute atomic E-state index is 9.50. The summed E-state index contributed by atoms with van der Waals surface area (Å²) in [6.07, 6.45) is 3.05. The zero-order valence-corrected chi connectivity index (χ0v) is 10.4. The molecule has 6 heteroatoms. The van der Waals surface area contributed by atoms with Crippen molar-refractivity contribution in [1.29, 1.82) is 0 Å². The molecule has 1 fully saturated rings. The highest BCUT2D eigenvalue weighted by Crippen LogP contribution is 2.25. The number of nitrogens with zero attached hydrogens (tertiary/aromatic N) is 2. The second-order valence-electron chi connectivity index (χ2n) is 3.90. The van der Waals surface area contributed by atoms with Crippen molar-refractivity contribution in [3.63, 3.8) is 0 Å². The molecule has 16 heavy (non-hydrogen) atoms. The van der Waals surface area contributed by atoms with Crippen molar-refractivity contribution in [3.8, 4) is 0 Å². The van der Waals surface area contributed by atoms with Gasteiger partial charge in [-0.1, -0.05) is 0 Å². The van der Waals surface area contributed by atoms with Crippen LogP contribution < -0.4 is 5.32 Å². The molecule has 5 nitrogen and oxygen atoms in total. The number of aliphatic hydroxyl groups is 1. The van der Waals surface area contributed by atoms with E-state index in [1.807, 2.05) is 0 Å². The molecule has 0 aromatic carbocycles. The highest BCUT2D eigenvalue weighted by molar-refractivity contribution is 9.10. The molecule has 1 saturated heterocycles. The first-order valence-corrected chi connectivity index (χ1v) is 5.98. The minimum atomic E-state index is -0.313. The first-order valence-electron chi connectivity index (χ1n) is 5.18. The molecule has 2 rings (SSSR count). The third kappa shape index (κ3) is 2.69. The third-order valence-corrected chi connectivity index (χ3v) is 3.21. The van der Waals surface area contributed by atoms with E-state index in [0.29, 0.717) is 13.2 Å². The van der Waals surface area contributed by atoms with Crippen molar-refractivity contribution in [1.82, 2.24) is 9.97 Å². The molecule has 2 N–H and O–H groups in total. The molecule has 1 aliphatic heterocycles. The van der Waals surface area contributed by atoms with Gasteiger partial charge in [-0.25, -0.2) is 9.97 Å². The van der Waals surface area contributed by atoms with Gasteiger partial charge in [-0.05, 0) is 28.8 Å². The van der Waals surface area contributed by atoms with Crippen molar-refractivity contribution in [3.05, 3.63) is 17.0 Å². The van der Waals surface area contributed by atoms with Crippen LogP contribution in [0.1, 0.15) is 12.8 Å². The number of aromatic nitrogens is 2. The predicted octanol–water partition coefficient (Wildman–Crippen LogP) is 1.19. The Bertz CT molecular complexity index is 356. The fourth-order valence-electron chi connectivity index (χ4n) is 1.76. The maximum Gasteiger partial charge on any atom is 0.130 e. The second kappa shape index (κ2) is 5.07. The van der Waals surface area contributed by atoms with Crippen LogP contribution in [0.4, 0.5) is 5.82 Å². The van der Waals surface area contributed by atoms with Crippen molar-refractivity contribution < 1.29 is 9.84 Å². The van der Waals surface area contributed by atoms with E-state index in [4.69, 9.17) is 4.74 Å². The summed E-state index contributed by atoms with van der Waals surface area (Å²) >= 11 is 3.29. The van der Waals surface area contributed by atoms with E-state index in [1.165, 1.54) is 6.33 Å². The molecule has 0 aliphatic carbocycles. The van der Waals surface area contributed by atoms with E-state index >= 15 is 0 Å². The van der Waals surface area contributed by atoms with E-state index in [1.54, 1.807) is 6.07 Å². The Labute approximate surface area is 102 Å². The summed E-state index contributed by atoms with van der Waals surface area (Å²) in [7, 11) is 0. The van der Waals surface area contributed by atoms with Gasteiger partial charge in [0.1, 0.15) is 16.7 Å². The Morgan fingerprint density at radius 1 is 1.44 bits per heavy atom. The third-order valence-electron chi connectivity index (χ3n) is 2.78. The van der Waals surface area contributed by atoms with Crippen LogP contribution in [-0.2, 0) is 4.74 Å². The molecular weight excluding hydrogens is 274 g/mol. The van der Waals surface area contributed by atoms with Crippen LogP contribution in [0.2, 0.25) is 0 Å². The number of hydrogen-bond donors (Lipinski definition) is 2. The van der Waals surface area contributed by atoms with Crippen LogP contribution in [-0.4, -0.2) is 40.4 Å². The Balaban J connectivity index is 2.11. The van der Waals surface area contributed by atoms with Crippen LogP contribution in [0.5, 0.6) is 0 Å². The maximum atomic E-state index is 9.50. The van der Waals surface area contributed by atoms with Gasteiger partial charge in [-0.2, -0.15) is 0 Å². The van der Waals surface area contributed by atoms with Gasteiger partial charge < -0.3 is 15.2 Å². The Hall–Kier alpha value is -0.720. The van der Waals surface area contributed by atoms with Gasteiger partial charge in [0.25, 0.3) is 0 Å². The lowest BCUT2D eigenvalue weighted by atomic mass is 9.91. The summed E-state index contributed by atoms with van der Waals surface area (Å²) in [5, 5.41) is 12.8. The first-order chi connectivity index (χ1) is 7.74. The Kier molecular flexibility index (Phi) is 3.73. The monoisotopic (exact) mass is 287 g/mol. The van der Waals surface area contributed by atoms with E-state index in [0.717, 1.165) is 23.3 Å². The zero-order chi connectivity index (χ0) is 11.4. The number of rotatable bonds is 3. The van der Waals surface area contributed by atoms with Crippen LogP contribution in [0.3, 0.4) is 0 Å². The summed E-state index contributed by atoms with van der Waals surface area (Å²) in [5.74, 6) is 0.720. The molecule has 88 valence electrons. The number of halogens is 1. The molecular formula is C10H14BrN3O2. The number of aliphatic hydroxyl groups excluding tert-OH is 1. The smallest absolute Gasteiger partial charge is 0.130 e. The average molecular weight is 288 g/mol. The van der Waals surface area contributed by atoms with Crippen LogP contribution >= 0.6 is 15.9 Å². The van der Waals surface area contributed by atoms with Crippen LogP contribution in [0.25, 0.3) is 0 Å². The summed E-state index contributed by atoms with van der Waals surface area (Å²) in [6.45, 7) is 1.41. The standard InChI is InChI=1S/C10H14BrN3O2/c11-8-5-9(13-7-12-8)14-10(6-15)1-3-16-4-2-10/h5,7,15H,1-4,6H2,(H,12,13,14). The highest BCUT2D eigenvalue weighted by atomic mass is 79.9. The average Bonchev–Trinajstić information content (AvgIpc) is 2.30. The van der Waals surface area contributed by atoms with Gasteiger partial charge in [0.05, 0.1) is 12.1 Å². The molecule has 0 amide bonds. The molecule has 0 atom stereocenters. The fraction of sp³-hybridized carbons (Fsp3) is 0.600. The SMILES string of the molecule is OCC1(Nc2cc(Br)ncn2)CCOCC1. The number of nitrogens with one attached hydrogen (secondary N) is 1. The highest BCUT2D eigenvalue weighted by Gasteiger charge is 2.32. The van der Waals surface area contributed by atoms with E-state index in [9.17, 15) is 5.11 Å². The zero-order valence-electron chi connectivity index (χ0n) is 8.82. The lowest BCUT2D eigenvalue weighted by Crippen LogP contribution is -2.47. The molecule has 0 bridgehead atoms. The first kappa shape index (κ1) is 11.8. The Morgan fingerprint density at radius 2 is 2.19 bits per heavy atom. The summed E-state index contributed by atoms with van der Waals surface area (Å²) in [4.78, 5) is 8.08. The van der Waals surface area contributed by atoms with Crippen LogP contribution in [0.15, 0.2) is 17.0 Å². The summed E-state index contributed by atoms with van der Waals surface area (Å²) in [6, 6.07) is 1.80. The normalized spacial score (nSPS) is 19.4. The molecule has 2 heterocycles. The van der Waals surface area contributed by atoms with Gasteiger partial charge in [-0.3, -0.25) is 0 Å². The van der Waals surface area contributed by atoms with Gasteiger partial charge in [0.15, 0.2) is 0 Å². The van der Waals surface area contributed by atoms with Gasteiger partial charge in [-0.15, -0.1) is 0 Å². The van der Waals surface area contributed by atoms with Crippen molar-refractivity contribution in [2.45, 2.75) is 18.4 Å². The summed E-state index contributed by atoms with van der Waals surface area (Å²) < 4.78 is 6.02. The second-order valence-corrected chi connectivity index (χ2v) is 4.71. The Morgan fingerprint density at radius 3 is 2.81 bits per heavy atom. The molecule has 1 aromatic rings. The van der Waals surface area contributed by atoms with Gasteiger partial charge >= 0.3 is 0 Å². The lowest BCUT2D eigenvalue weighted by Gasteiger charge is -2.36. The number of ether oxygens (including phenoxy) is 1. The molecule has 0 spiro atoms. The number of hydrogen-bond acceptors (Lipinski definition) is 5. The van der Waals surface area contributed by atoms with Crippen molar-refractivity contribution in [2.24, 2.45) is 0 Å². The van der Waals surface area contributed by atoms with E-state index < -0.39 is 0 Å². The lowest BCUT2D eigenvalue weighted by molar-refractivity contribution is 0.0378. The number of anilines is 1. The minimum Gasteiger partial charge on any atom is -0.394 e. The van der Waals surface area contributed by atoms with Gasteiger partial charge in [0.2, 0.25) is 0 Å². The summed E-state index contributed by atoms with van der Waals surface area (Å²) in [5.41, 5.74) is -0.313. The van der Waals surface area contributed by atoms with Crippen LogP contribution in [0, 0.1) is 0 Å². The quantitative estimate of drug-likeness (QED) is 0.818. The molecule has 1 aromatic heterocycles. The topological polar surface area (TPSA) is 67.3 Å². The molecule has 1 aliphatic rings. The van der Waals surface area contributed by atoms with Crippen molar-refractivity contribution in [2.75, 3.05) is 25.1 Å². The predicted molar refractivity (Wildman–Crippen MR) is 63.2 cm³/mol. The molecule has 0 radical (unpaired) electrons. The van der Waals surface area contributed by atoms with E-state index in [2.05, 4.69) is 31.2 Å².